The Kier molecular flexibility index (Phi) is 2.03. The zero-order valence-corrected chi connectivity index (χ0v) is 9.10. The number of para-hydroxylation sites is 1. The molecule has 0 bridgehead atoms. The molecule has 3 aromatic rings. The van der Waals surface area contributed by atoms with Crippen molar-refractivity contribution in [3.63, 3.8) is 0 Å². The highest BCUT2D eigenvalue weighted by atomic mass is 16.3. The summed E-state index contributed by atoms with van der Waals surface area (Å²) in [6.45, 7) is 2.07. The molecule has 2 aromatic carbocycles. The van der Waals surface area contributed by atoms with Gasteiger partial charge in [-0.25, -0.2) is 0 Å². The maximum absolute atomic E-state index is 5.88. The van der Waals surface area contributed by atoms with Gasteiger partial charge in [0.2, 0.25) is 0 Å². The molecular weight excluding hydrogens is 196 g/mol. The third-order valence-corrected chi connectivity index (χ3v) is 2.80. The molecule has 0 saturated heterocycles. The monoisotopic (exact) mass is 208 g/mol. The van der Waals surface area contributed by atoms with Crippen LogP contribution < -0.4 is 0 Å². The number of hydrogen-bond acceptors (Lipinski definition) is 1. The molecule has 0 atom stereocenters. The lowest BCUT2D eigenvalue weighted by molar-refractivity contribution is 0.629. The first-order chi connectivity index (χ1) is 7.84. The fraction of sp³-hybridized carbons (Fsp3) is 0.0667. The van der Waals surface area contributed by atoms with Crippen LogP contribution in [0.25, 0.3) is 22.3 Å². The second-order valence-electron chi connectivity index (χ2n) is 3.97. The minimum Gasteiger partial charge on any atom is -0.456 e. The zero-order valence-electron chi connectivity index (χ0n) is 9.10. The van der Waals surface area contributed by atoms with Crippen molar-refractivity contribution < 1.29 is 4.42 Å². The van der Waals surface area contributed by atoms with Gasteiger partial charge in [0.15, 0.2) is 0 Å². The highest BCUT2D eigenvalue weighted by Crippen LogP contribution is 2.29. The van der Waals surface area contributed by atoms with Crippen LogP contribution >= 0.6 is 0 Å². The Bertz CT molecular complexity index is 620. The van der Waals surface area contributed by atoms with Gasteiger partial charge in [-0.15, -0.1) is 0 Å². The molecule has 1 heteroatoms. The lowest BCUT2D eigenvalue weighted by Gasteiger charge is -1.94. The standard InChI is InChI=1S/C15H12O/c1-11-6-5-9-13-10-14(16-15(11)13)12-7-3-2-4-8-12/h2-10H,1H3. The van der Waals surface area contributed by atoms with Crippen molar-refractivity contribution in [2.75, 3.05) is 0 Å². The second kappa shape index (κ2) is 3.53. The van der Waals surface area contributed by atoms with Crippen LogP contribution in [0.3, 0.4) is 0 Å². The van der Waals surface area contributed by atoms with Crippen molar-refractivity contribution >= 4 is 11.0 Å². The number of aryl methyl sites for hydroxylation is 1. The Hall–Kier alpha value is -2.02. The number of rotatable bonds is 1. The first-order valence-electron chi connectivity index (χ1n) is 5.39. The van der Waals surface area contributed by atoms with Gasteiger partial charge in [0.25, 0.3) is 0 Å². The average Bonchev–Trinajstić information content (AvgIpc) is 2.76. The summed E-state index contributed by atoms with van der Waals surface area (Å²) in [5.41, 5.74) is 3.29. The fourth-order valence-electron chi connectivity index (χ4n) is 1.95. The van der Waals surface area contributed by atoms with E-state index in [0.29, 0.717) is 0 Å². The zero-order chi connectivity index (χ0) is 11.0. The Labute approximate surface area is 94.3 Å². The van der Waals surface area contributed by atoms with E-state index in [1.807, 2.05) is 18.2 Å². The average molecular weight is 208 g/mol. The summed E-state index contributed by atoms with van der Waals surface area (Å²) in [7, 11) is 0. The lowest BCUT2D eigenvalue weighted by atomic mass is 10.1. The van der Waals surface area contributed by atoms with E-state index < -0.39 is 0 Å². The van der Waals surface area contributed by atoms with Gasteiger partial charge in [0.1, 0.15) is 11.3 Å². The molecule has 0 amide bonds. The second-order valence-corrected chi connectivity index (χ2v) is 3.97. The molecule has 1 aromatic heterocycles. The maximum Gasteiger partial charge on any atom is 0.137 e. The van der Waals surface area contributed by atoms with Crippen molar-refractivity contribution in [2.45, 2.75) is 6.92 Å². The lowest BCUT2D eigenvalue weighted by Crippen LogP contribution is -1.70. The number of furan rings is 1. The van der Waals surface area contributed by atoms with Crippen LogP contribution in [0.15, 0.2) is 59.0 Å². The summed E-state index contributed by atoms with van der Waals surface area (Å²) in [6, 6.07) is 18.5. The van der Waals surface area contributed by atoms with Crippen LogP contribution in [0, 0.1) is 6.92 Å². The first-order valence-corrected chi connectivity index (χ1v) is 5.39. The maximum atomic E-state index is 5.88. The van der Waals surface area contributed by atoms with E-state index >= 15 is 0 Å². The van der Waals surface area contributed by atoms with Gasteiger partial charge in [-0.3, -0.25) is 0 Å². The Morgan fingerprint density at radius 1 is 0.875 bits per heavy atom. The van der Waals surface area contributed by atoms with Gasteiger partial charge in [0, 0.05) is 10.9 Å². The van der Waals surface area contributed by atoms with E-state index in [2.05, 4.69) is 43.3 Å². The van der Waals surface area contributed by atoms with E-state index in [0.717, 1.165) is 16.9 Å². The number of fused-ring (bicyclic) bond motifs is 1. The molecule has 1 heterocycles. The molecule has 0 spiro atoms. The van der Waals surface area contributed by atoms with Gasteiger partial charge in [0.05, 0.1) is 0 Å². The highest BCUT2D eigenvalue weighted by Gasteiger charge is 2.06. The Morgan fingerprint density at radius 2 is 1.69 bits per heavy atom. The predicted octanol–water partition coefficient (Wildman–Crippen LogP) is 4.41. The van der Waals surface area contributed by atoms with E-state index in [-0.39, 0.29) is 0 Å². The molecular formula is C15H12O. The minimum atomic E-state index is 0.935. The predicted molar refractivity (Wildman–Crippen MR) is 66.4 cm³/mol. The Morgan fingerprint density at radius 3 is 2.44 bits per heavy atom. The third-order valence-electron chi connectivity index (χ3n) is 2.80. The molecule has 1 nitrogen and oxygen atoms in total. The van der Waals surface area contributed by atoms with Gasteiger partial charge in [-0.05, 0) is 18.6 Å². The Balaban J connectivity index is 2.23. The molecule has 3 rings (SSSR count). The molecule has 0 saturated carbocycles. The van der Waals surface area contributed by atoms with E-state index in [1.54, 1.807) is 0 Å². The van der Waals surface area contributed by atoms with Crippen LogP contribution in [0.1, 0.15) is 5.56 Å². The summed E-state index contributed by atoms with van der Waals surface area (Å²) in [5.74, 6) is 0.935. The molecule has 0 aliphatic carbocycles. The summed E-state index contributed by atoms with van der Waals surface area (Å²) in [6.07, 6.45) is 0. The molecule has 0 N–H and O–H groups in total. The topological polar surface area (TPSA) is 13.1 Å². The van der Waals surface area contributed by atoms with Crippen LogP contribution in [0.4, 0.5) is 0 Å². The molecule has 0 fully saturated rings. The minimum absolute atomic E-state index is 0.935. The van der Waals surface area contributed by atoms with E-state index in [1.165, 1.54) is 10.9 Å². The van der Waals surface area contributed by atoms with E-state index in [4.69, 9.17) is 4.42 Å². The summed E-state index contributed by atoms with van der Waals surface area (Å²) in [5, 5.41) is 1.17. The van der Waals surface area contributed by atoms with Crippen molar-refractivity contribution in [3.05, 3.63) is 60.2 Å². The third kappa shape index (κ3) is 1.41. The van der Waals surface area contributed by atoms with Gasteiger partial charge >= 0.3 is 0 Å². The van der Waals surface area contributed by atoms with Crippen molar-refractivity contribution in [3.8, 4) is 11.3 Å². The molecule has 16 heavy (non-hydrogen) atoms. The van der Waals surface area contributed by atoms with Gasteiger partial charge in [-0.1, -0.05) is 48.5 Å². The van der Waals surface area contributed by atoms with Gasteiger partial charge in [-0.2, -0.15) is 0 Å². The summed E-state index contributed by atoms with van der Waals surface area (Å²) >= 11 is 0. The quantitative estimate of drug-likeness (QED) is 0.577. The van der Waals surface area contributed by atoms with Crippen LogP contribution in [0.2, 0.25) is 0 Å². The van der Waals surface area contributed by atoms with Gasteiger partial charge < -0.3 is 4.42 Å². The van der Waals surface area contributed by atoms with Crippen molar-refractivity contribution in [1.82, 2.24) is 0 Å². The van der Waals surface area contributed by atoms with Crippen molar-refractivity contribution in [1.29, 1.82) is 0 Å². The normalized spacial score (nSPS) is 10.8. The largest absolute Gasteiger partial charge is 0.456 e. The molecule has 0 aliphatic rings. The smallest absolute Gasteiger partial charge is 0.137 e. The number of hydrogen-bond donors (Lipinski definition) is 0. The molecule has 0 unspecified atom stereocenters. The SMILES string of the molecule is Cc1cccc2cc(-c3ccccc3)oc12. The summed E-state index contributed by atoms with van der Waals surface area (Å²) in [4.78, 5) is 0. The first kappa shape index (κ1) is 9.22. The van der Waals surface area contributed by atoms with Crippen molar-refractivity contribution in [2.24, 2.45) is 0 Å². The van der Waals surface area contributed by atoms with Crippen LogP contribution in [-0.2, 0) is 0 Å². The summed E-state index contributed by atoms with van der Waals surface area (Å²) < 4.78 is 5.88. The van der Waals surface area contributed by atoms with Crippen LogP contribution in [0.5, 0.6) is 0 Å². The molecule has 78 valence electrons. The van der Waals surface area contributed by atoms with Crippen LogP contribution in [-0.4, -0.2) is 0 Å². The highest BCUT2D eigenvalue weighted by molar-refractivity contribution is 5.85. The molecule has 0 radical (unpaired) electrons. The fourth-order valence-corrected chi connectivity index (χ4v) is 1.95. The number of benzene rings is 2. The van der Waals surface area contributed by atoms with E-state index in [9.17, 15) is 0 Å². The molecule has 0 aliphatic heterocycles.